The Labute approximate surface area is 175 Å². The molecule has 0 aliphatic rings. The Balaban J connectivity index is 1.83. The van der Waals surface area contributed by atoms with E-state index < -0.39 is 23.6 Å². The topological polar surface area (TPSA) is 59.3 Å². The van der Waals surface area contributed by atoms with Crippen LogP contribution >= 0.6 is 15.9 Å². The van der Waals surface area contributed by atoms with E-state index in [1.54, 1.807) is 24.3 Å². The molecule has 4 aromatic rings. The maximum atomic E-state index is 13.6. The van der Waals surface area contributed by atoms with Gasteiger partial charge in [0.25, 0.3) is 5.91 Å². The van der Waals surface area contributed by atoms with Gasteiger partial charge in [-0.15, -0.1) is 0 Å². The SMILES string of the molecule is O=C(Nc1ccc(Br)cc1)c1cnn2c(C(F)(F)F)cc(-c3ccc(F)cc3)nc12. The number of fused-ring (bicyclic) bond motifs is 1. The van der Waals surface area contributed by atoms with Gasteiger partial charge in [-0.1, -0.05) is 15.9 Å². The zero-order valence-corrected chi connectivity index (χ0v) is 16.5. The summed E-state index contributed by atoms with van der Waals surface area (Å²) >= 11 is 3.28. The van der Waals surface area contributed by atoms with E-state index in [1.807, 2.05) is 0 Å². The molecule has 10 heteroatoms. The van der Waals surface area contributed by atoms with Crippen LogP contribution in [0.3, 0.4) is 0 Å². The van der Waals surface area contributed by atoms with E-state index in [1.165, 1.54) is 12.1 Å². The fourth-order valence-corrected chi connectivity index (χ4v) is 3.09. The zero-order chi connectivity index (χ0) is 21.5. The van der Waals surface area contributed by atoms with Crippen LogP contribution in [-0.4, -0.2) is 20.5 Å². The first-order chi connectivity index (χ1) is 14.2. The Kier molecular flexibility index (Phi) is 5.02. The Morgan fingerprint density at radius 3 is 2.33 bits per heavy atom. The number of hydrogen-bond acceptors (Lipinski definition) is 3. The second-order valence-electron chi connectivity index (χ2n) is 6.29. The van der Waals surface area contributed by atoms with Crippen LogP contribution in [0.25, 0.3) is 16.9 Å². The van der Waals surface area contributed by atoms with Gasteiger partial charge in [0.2, 0.25) is 0 Å². The third-order valence-electron chi connectivity index (χ3n) is 4.25. The molecule has 2 heterocycles. The highest BCUT2D eigenvalue weighted by atomic mass is 79.9. The molecule has 2 aromatic carbocycles. The van der Waals surface area contributed by atoms with Crippen molar-refractivity contribution in [1.29, 1.82) is 0 Å². The fraction of sp³-hybridized carbons (Fsp3) is 0.0500. The zero-order valence-electron chi connectivity index (χ0n) is 14.9. The first-order valence-electron chi connectivity index (χ1n) is 8.51. The van der Waals surface area contributed by atoms with E-state index in [4.69, 9.17) is 0 Å². The van der Waals surface area contributed by atoms with Crippen LogP contribution in [0, 0.1) is 5.82 Å². The van der Waals surface area contributed by atoms with Crippen molar-refractivity contribution in [3.05, 3.63) is 82.3 Å². The molecule has 2 aromatic heterocycles. The summed E-state index contributed by atoms with van der Waals surface area (Å²) in [5.74, 6) is -1.20. The number of anilines is 1. The Bertz CT molecular complexity index is 1230. The summed E-state index contributed by atoms with van der Waals surface area (Å²) in [6.07, 6.45) is -3.72. The molecule has 0 fully saturated rings. The van der Waals surface area contributed by atoms with Gasteiger partial charge in [-0.25, -0.2) is 13.9 Å². The number of benzene rings is 2. The summed E-state index contributed by atoms with van der Waals surface area (Å²) in [5, 5.41) is 6.32. The summed E-state index contributed by atoms with van der Waals surface area (Å²) < 4.78 is 55.4. The molecule has 1 N–H and O–H groups in total. The van der Waals surface area contributed by atoms with Crippen molar-refractivity contribution >= 4 is 33.2 Å². The van der Waals surface area contributed by atoms with Crippen LogP contribution in [0.4, 0.5) is 23.2 Å². The van der Waals surface area contributed by atoms with Gasteiger partial charge in [0.05, 0.1) is 11.9 Å². The lowest BCUT2D eigenvalue weighted by Gasteiger charge is -2.12. The average molecular weight is 479 g/mol. The second-order valence-corrected chi connectivity index (χ2v) is 7.20. The molecule has 0 unspecified atom stereocenters. The highest BCUT2D eigenvalue weighted by Crippen LogP contribution is 2.33. The Morgan fingerprint density at radius 2 is 1.70 bits per heavy atom. The molecule has 4 rings (SSSR count). The van der Waals surface area contributed by atoms with Crippen LogP contribution in [-0.2, 0) is 6.18 Å². The van der Waals surface area contributed by atoms with Gasteiger partial charge in [-0.05, 0) is 54.6 Å². The van der Waals surface area contributed by atoms with E-state index in [-0.39, 0.29) is 22.5 Å². The number of alkyl halides is 3. The van der Waals surface area contributed by atoms with E-state index in [0.29, 0.717) is 10.2 Å². The van der Waals surface area contributed by atoms with Crippen LogP contribution in [0.1, 0.15) is 16.1 Å². The molecule has 152 valence electrons. The van der Waals surface area contributed by atoms with Crippen molar-refractivity contribution in [3.63, 3.8) is 0 Å². The lowest BCUT2D eigenvalue weighted by Crippen LogP contribution is -2.15. The Hall–Kier alpha value is -3.27. The maximum absolute atomic E-state index is 13.6. The first-order valence-corrected chi connectivity index (χ1v) is 9.30. The monoisotopic (exact) mass is 478 g/mol. The molecule has 5 nitrogen and oxygen atoms in total. The van der Waals surface area contributed by atoms with Crippen molar-refractivity contribution in [2.45, 2.75) is 6.18 Å². The second kappa shape index (κ2) is 7.52. The van der Waals surface area contributed by atoms with Crippen LogP contribution in [0.2, 0.25) is 0 Å². The van der Waals surface area contributed by atoms with Gasteiger partial charge >= 0.3 is 6.18 Å². The number of aromatic nitrogens is 3. The smallest absolute Gasteiger partial charge is 0.322 e. The van der Waals surface area contributed by atoms with Crippen molar-refractivity contribution in [1.82, 2.24) is 14.6 Å². The number of rotatable bonds is 3. The molecule has 0 radical (unpaired) electrons. The van der Waals surface area contributed by atoms with E-state index in [9.17, 15) is 22.4 Å². The maximum Gasteiger partial charge on any atom is 0.433 e. The van der Waals surface area contributed by atoms with Crippen molar-refractivity contribution in [2.75, 3.05) is 5.32 Å². The minimum absolute atomic E-state index is 0.0620. The molecule has 0 aliphatic carbocycles. The summed E-state index contributed by atoms with van der Waals surface area (Å²) in [4.78, 5) is 16.9. The number of nitrogens with zero attached hydrogens (tertiary/aromatic N) is 3. The summed E-state index contributed by atoms with van der Waals surface area (Å²) in [7, 11) is 0. The third kappa shape index (κ3) is 3.90. The molecule has 0 atom stereocenters. The number of hydrogen-bond donors (Lipinski definition) is 1. The standard InChI is InChI=1S/C20H11BrF4N4O/c21-12-3-7-14(8-4-12)27-19(30)15-10-26-29-17(20(23,24)25)9-16(28-18(15)29)11-1-5-13(22)6-2-11/h1-10H,(H,27,30). The number of nitrogens with one attached hydrogen (secondary N) is 1. The van der Waals surface area contributed by atoms with Gasteiger partial charge in [0.15, 0.2) is 11.3 Å². The third-order valence-corrected chi connectivity index (χ3v) is 4.78. The normalized spacial score (nSPS) is 11.6. The Morgan fingerprint density at radius 1 is 1.03 bits per heavy atom. The number of carbonyl (C=O) groups excluding carboxylic acids is 1. The minimum Gasteiger partial charge on any atom is -0.322 e. The van der Waals surface area contributed by atoms with Crippen LogP contribution in [0.15, 0.2) is 65.3 Å². The van der Waals surface area contributed by atoms with Gasteiger partial charge in [0.1, 0.15) is 11.4 Å². The van der Waals surface area contributed by atoms with E-state index >= 15 is 0 Å². The molecule has 30 heavy (non-hydrogen) atoms. The number of halogens is 5. The molecule has 0 spiro atoms. The predicted molar refractivity (Wildman–Crippen MR) is 105 cm³/mol. The molecular formula is C20H11BrF4N4O. The van der Waals surface area contributed by atoms with Crippen molar-refractivity contribution in [3.8, 4) is 11.3 Å². The molecule has 1 amide bonds. The molecule has 0 saturated heterocycles. The van der Waals surface area contributed by atoms with Crippen molar-refractivity contribution in [2.24, 2.45) is 0 Å². The lowest BCUT2D eigenvalue weighted by molar-refractivity contribution is -0.142. The quantitative estimate of drug-likeness (QED) is 0.391. The molecule has 0 aliphatic heterocycles. The summed E-state index contributed by atoms with van der Waals surface area (Å²) in [5.41, 5.74) is -0.841. The molecule has 0 bridgehead atoms. The van der Waals surface area contributed by atoms with Crippen LogP contribution in [0.5, 0.6) is 0 Å². The predicted octanol–water partition coefficient (Wildman–Crippen LogP) is 5.57. The summed E-state index contributed by atoms with van der Waals surface area (Å²) in [6.45, 7) is 0. The minimum atomic E-state index is -4.75. The van der Waals surface area contributed by atoms with Crippen molar-refractivity contribution < 1.29 is 22.4 Å². The average Bonchev–Trinajstić information content (AvgIpc) is 3.13. The number of carbonyl (C=O) groups is 1. The van der Waals surface area contributed by atoms with Gasteiger partial charge in [-0.3, -0.25) is 4.79 Å². The van der Waals surface area contributed by atoms with Crippen LogP contribution < -0.4 is 5.32 Å². The highest BCUT2D eigenvalue weighted by Gasteiger charge is 2.36. The number of amides is 1. The fourth-order valence-electron chi connectivity index (χ4n) is 2.83. The first kappa shape index (κ1) is 20.0. The largest absolute Gasteiger partial charge is 0.433 e. The lowest BCUT2D eigenvalue weighted by atomic mass is 10.1. The van der Waals surface area contributed by atoms with Gasteiger partial charge in [0, 0.05) is 15.7 Å². The molecular weight excluding hydrogens is 468 g/mol. The van der Waals surface area contributed by atoms with Gasteiger partial charge in [-0.2, -0.15) is 18.3 Å². The highest BCUT2D eigenvalue weighted by molar-refractivity contribution is 9.10. The summed E-state index contributed by atoms with van der Waals surface area (Å²) in [6, 6.07) is 12.3. The van der Waals surface area contributed by atoms with E-state index in [2.05, 4.69) is 31.3 Å². The molecule has 0 saturated carbocycles. The van der Waals surface area contributed by atoms with Gasteiger partial charge < -0.3 is 5.32 Å². The van der Waals surface area contributed by atoms with E-state index in [0.717, 1.165) is 28.9 Å².